The van der Waals surface area contributed by atoms with Crippen LogP contribution in [0.15, 0.2) is 36.4 Å². The lowest BCUT2D eigenvalue weighted by molar-refractivity contribution is 0.0636. The predicted octanol–water partition coefficient (Wildman–Crippen LogP) is 4.15. The quantitative estimate of drug-likeness (QED) is 0.815. The van der Waals surface area contributed by atoms with E-state index in [1.54, 1.807) is 0 Å². The maximum Gasteiger partial charge on any atom is 0.412 e. The average molecular weight is 247 g/mol. The van der Waals surface area contributed by atoms with E-state index in [0.717, 1.165) is 12.1 Å². The van der Waals surface area contributed by atoms with Crippen molar-refractivity contribution in [1.82, 2.24) is 0 Å². The van der Waals surface area contributed by atoms with Gasteiger partial charge in [0.05, 0.1) is 0 Å². The van der Waals surface area contributed by atoms with Crippen LogP contribution in [0.1, 0.15) is 33.3 Å². The van der Waals surface area contributed by atoms with E-state index < -0.39 is 11.7 Å². The Hall–Kier alpha value is -1.77. The van der Waals surface area contributed by atoms with Gasteiger partial charge in [0.15, 0.2) is 0 Å². The number of hydrogen-bond acceptors (Lipinski definition) is 2. The van der Waals surface area contributed by atoms with Gasteiger partial charge >= 0.3 is 6.09 Å². The van der Waals surface area contributed by atoms with Crippen LogP contribution in [0.3, 0.4) is 0 Å². The molecule has 0 radical (unpaired) electrons. The predicted molar refractivity (Wildman–Crippen MR) is 74.8 cm³/mol. The monoisotopic (exact) mass is 247 g/mol. The third-order valence-electron chi connectivity index (χ3n) is 2.19. The molecule has 98 valence electrons. The van der Waals surface area contributed by atoms with Crippen molar-refractivity contribution in [3.8, 4) is 0 Å². The van der Waals surface area contributed by atoms with Crippen LogP contribution < -0.4 is 5.32 Å². The highest BCUT2D eigenvalue weighted by Gasteiger charge is 2.15. The van der Waals surface area contributed by atoms with Crippen molar-refractivity contribution >= 4 is 11.8 Å². The van der Waals surface area contributed by atoms with Crippen LogP contribution in [0.25, 0.3) is 0 Å². The minimum absolute atomic E-state index is 0.427. The number of amides is 1. The zero-order chi connectivity index (χ0) is 13.6. The first-order chi connectivity index (χ1) is 8.40. The smallest absolute Gasteiger partial charge is 0.412 e. The van der Waals surface area contributed by atoms with Crippen LogP contribution >= 0.6 is 0 Å². The Bertz CT molecular complexity index is 413. The Morgan fingerprint density at radius 1 is 1.28 bits per heavy atom. The summed E-state index contributed by atoms with van der Waals surface area (Å²) in [6.07, 6.45) is 4.59. The number of carbonyl (C=O) groups excluding carboxylic acids is 1. The lowest BCUT2D eigenvalue weighted by atomic mass is 10.1. The Labute approximate surface area is 109 Å². The van der Waals surface area contributed by atoms with Gasteiger partial charge in [-0.15, -0.1) is 0 Å². The van der Waals surface area contributed by atoms with Crippen molar-refractivity contribution in [3.63, 3.8) is 0 Å². The van der Waals surface area contributed by atoms with Crippen LogP contribution in [0.5, 0.6) is 0 Å². The van der Waals surface area contributed by atoms with Gasteiger partial charge in [0.25, 0.3) is 0 Å². The Morgan fingerprint density at radius 3 is 2.39 bits per heavy atom. The van der Waals surface area contributed by atoms with Gasteiger partial charge in [-0.05, 0) is 51.8 Å². The topological polar surface area (TPSA) is 38.3 Å². The fourth-order valence-electron chi connectivity index (χ4n) is 1.40. The fourth-order valence-corrected chi connectivity index (χ4v) is 1.40. The second-order valence-corrected chi connectivity index (χ2v) is 5.10. The molecule has 1 amide bonds. The number of benzene rings is 1. The van der Waals surface area contributed by atoms with E-state index in [0.29, 0.717) is 0 Å². The first-order valence-corrected chi connectivity index (χ1v) is 6.11. The minimum atomic E-state index is -0.476. The van der Waals surface area contributed by atoms with Crippen molar-refractivity contribution in [3.05, 3.63) is 42.0 Å². The van der Waals surface area contributed by atoms with E-state index in [9.17, 15) is 4.79 Å². The highest BCUT2D eigenvalue weighted by Crippen LogP contribution is 2.13. The Kier molecular flexibility index (Phi) is 4.95. The second kappa shape index (κ2) is 6.24. The molecule has 3 nitrogen and oxygen atoms in total. The molecular weight excluding hydrogens is 226 g/mol. The summed E-state index contributed by atoms with van der Waals surface area (Å²) in [7, 11) is 0. The molecular formula is C15H21NO2. The molecule has 0 bridgehead atoms. The molecule has 1 aromatic rings. The van der Waals surface area contributed by atoms with Gasteiger partial charge in [0, 0.05) is 5.69 Å². The summed E-state index contributed by atoms with van der Waals surface area (Å²) in [6.45, 7) is 7.52. The van der Waals surface area contributed by atoms with Crippen LogP contribution in [0.4, 0.5) is 10.5 Å². The molecule has 0 spiro atoms. The normalized spacial score (nSPS) is 11.6. The van der Waals surface area contributed by atoms with Crippen LogP contribution in [-0.4, -0.2) is 11.7 Å². The second-order valence-electron chi connectivity index (χ2n) is 5.10. The zero-order valence-corrected chi connectivity index (χ0v) is 11.5. The van der Waals surface area contributed by atoms with Crippen LogP contribution in [0.2, 0.25) is 0 Å². The molecule has 0 heterocycles. The molecule has 1 aromatic carbocycles. The molecule has 0 aliphatic rings. The lowest BCUT2D eigenvalue weighted by Gasteiger charge is -2.19. The number of rotatable bonds is 3. The Balaban J connectivity index is 2.55. The summed E-state index contributed by atoms with van der Waals surface area (Å²) < 4.78 is 5.18. The van der Waals surface area contributed by atoms with Gasteiger partial charge in [0.1, 0.15) is 5.60 Å². The van der Waals surface area contributed by atoms with E-state index in [4.69, 9.17) is 4.74 Å². The summed E-state index contributed by atoms with van der Waals surface area (Å²) >= 11 is 0. The van der Waals surface area contributed by atoms with Crippen LogP contribution in [-0.2, 0) is 11.2 Å². The van der Waals surface area contributed by atoms with Gasteiger partial charge < -0.3 is 4.74 Å². The third-order valence-corrected chi connectivity index (χ3v) is 2.19. The molecule has 0 saturated carbocycles. The van der Waals surface area contributed by atoms with E-state index in [1.165, 1.54) is 5.56 Å². The number of anilines is 1. The molecule has 0 aromatic heterocycles. The number of carbonyl (C=O) groups is 1. The molecule has 1 rings (SSSR count). The molecule has 0 aliphatic heterocycles. The highest BCUT2D eigenvalue weighted by molar-refractivity contribution is 5.84. The lowest BCUT2D eigenvalue weighted by Crippen LogP contribution is -2.27. The largest absolute Gasteiger partial charge is 0.444 e. The molecule has 0 saturated heterocycles. The number of hydrogen-bond donors (Lipinski definition) is 1. The molecule has 0 unspecified atom stereocenters. The van der Waals surface area contributed by atoms with E-state index in [-0.39, 0.29) is 0 Å². The van der Waals surface area contributed by atoms with Crippen molar-refractivity contribution < 1.29 is 9.53 Å². The van der Waals surface area contributed by atoms with Gasteiger partial charge in [-0.1, -0.05) is 24.3 Å². The van der Waals surface area contributed by atoms with E-state index in [2.05, 4.69) is 11.4 Å². The molecule has 1 N–H and O–H groups in total. The maximum absolute atomic E-state index is 11.5. The Morgan fingerprint density at radius 2 is 1.89 bits per heavy atom. The van der Waals surface area contributed by atoms with Crippen molar-refractivity contribution in [2.24, 2.45) is 0 Å². The summed E-state index contributed by atoms with van der Waals surface area (Å²) in [5.74, 6) is 0. The van der Waals surface area contributed by atoms with Crippen LogP contribution in [0, 0.1) is 0 Å². The van der Waals surface area contributed by atoms with Gasteiger partial charge in [-0.3, -0.25) is 5.32 Å². The first kappa shape index (κ1) is 14.3. The van der Waals surface area contributed by atoms with E-state index >= 15 is 0 Å². The van der Waals surface area contributed by atoms with Gasteiger partial charge in [-0.2, -0.15) is 0 Å². The maximum atomic E-state index is 11.5. The van der Waals surface area contributed by atoms with Crippen molar-refractivity contribution in [1.29, 1.82) is 0 Å². The molecule has 18 heavy (non-hydrogen) atoms. The summed E-state index contributed by atoms with van der Waals surface area (Å²) in [6, 6.07) is 7.74. The third kappa shape index (κ3) is 5.53. The SMILES string of the molecule is C/C=C/Cc1ccc(NC(=O)OC(C)(C)C)cc1. The molecule has 0 atom stereocenters. The number of ether oxygens (including phenoxy) is 1. The molecule has 0 aliphatic carbocycles. The first-order valence-electron chi connectivity index (χ1n) is 6.11. The van der Waals surface area contributed by atoms with E-state index in [1.807, 2.05) is 58.0 Å². The molecule has 3 heteroatoms. The zero-order valence-electron chi connectivity index (χ0n) is 11.5. The highest BCUT2D eigenvalue weighted by atomic mass is 16.6. The summed E-state index contributed by atoms with van der Waals surface area (Å²) in [5.41, 5.74) is 1.48. The minimum Gasteiger partial charge on any atom is -0.444 e. The van der Waals surface area contributed by atoms with Gasteiger partial charge in [-0.25, -0.2) is 4.79 Å². The number of nitrogens with one attached hydrogen (secondary N) is 1. The average Bonchev–Trinajstić information content (AvgIpc) is 2.25. The number of allylic oxidation sites excluding steroid dienone is 2. The van der Waals surface area contributed by atoms with Crippen molar-refractivity contribution in [2.45, 2.75) is 39.7 Å². The fraction of sp³-hybridized carbons (Fsp3) is 0.400. The summed E-state index contributed by atoms with van der Waals surface area (Å²) in [5, 5.41) is 2.70. The van der Waals surface area contributed by atoms with Gasteiger partial charge in [0.2, 0.25) is 0 Å². The summed E-state index contributed by atoms with van der Waals surface area (Å²) in [4.78, 5) is 11.5. The van der Waals surface area contributed by atoms with Crippen molar-refractivity contribution in [2.75, 3.05) is 5.32 Å². The standard InChI is InChI=1S/C15H21NO2/c1-5-6-7-12-8-10-13(11-9-12)16-14(17)18-15(2,3)4/h5-6,8-11H,7H2,1-4H3,(H,16,17)/b6-5+. The molecule has 0 fully saturated rings.